The van der Waals surface area contributed by atoms with E-state index in [1.54, 1.807) is 0 Å². The summed E-state index contributed by atoms with van der Waals surface area (Å²) in [6.45, 7) is 9.28. The molecule has 1 aliphatic heterocycles. The molecule has 1 saturated heterocycles. The summed E-state index contributed by atoms with van der Waals surface area (Å²) in [6.07, 6.45) is 5.08. The normalized spacial score (nSPS) is 20.9. The molecule has 0 spiro atoms. The lowest BCUT2D eigenvalue weighted by molar-refractivity contribution is -0.171. The standard InChI is InChI=1S/C21H37N3O4/c1-20(2,14-28-18-8-6-7-11-27-18)16(22)12-17(25)23-19(26)21(3,4)24(5)13-15-9-10-15/h15,18,22H,6-14H2,1-5H3,(H,23,25,26). The van der Waals surface area contributed by atoms with Gasteiger partial charge in [-0.1, -0.05) is 13.8 Å². The van der Waals surface area contributed by atoms with Crippen molar-refractivity contribution in [2.45, 2.75) is 78.0 Å². The predicted molar refractivity (Wildman–Crippen MR) is 108 cm³/mol. The summed E-state index contributed by atoms with van der Waals surface area (Å²) in [5, 5.41) is 10.8. The van der Waals surface area contributed by atoms with Crippen LogP contribution >= 0.6 is 0 Å². The third-order valence-corrected chi connectivity index (χ3v) is 5.91. The maximum absolute atomic E-state index is 12.6. The molecule has 0 radical (unpaired) electrons. The van der Waals surface area contributed by atoms with Crippen molar-refractivity contribution in [3.8, 4) is 0 Å². The van der Waals surface area contributed by atoms with Gasteiger partial charge >= 0.3 is 0 Å². The van der Waals surface area contributed by atoms with E-state index in [0.717, 1.165) is 25.8 Å². The fraction of sp³-hybridized carbons (Fsp3) is 0.857. The summed E-state index contributed by atoms with van der Waals surface area (Å²) in [5.41, 5.74) is -1.12. The van der Waals surface area contributed by atoms with Crippen molar-refractivity contribution < 1.29 is 19.1 Å². The van der Waals surface area contributed by atoms with Crippen molar-refractivity contribution in [1.82, 2.24) is 10.2 Å². The summed E-state index contributed by atoms with van der Waals surface area (Å²) in [7, 11) is 1.91. The van der Waals surface area contributed by atoms with Crippen molar-refractivity contribution in [3.63, 3.8) is 0 Å². The Morgan fingerprint density at radius 2 is 1.86 bits per heavy atom. The monoisotopic (exact) mass is 395 g/mol. The molecule has 1 saturated carbocycles. The number of rotatable bonds is 10. The second kappa shape index (κ2) is 9.46. The first kappa shape index (κ1) is 23.0. The quantitative estimate of drug-likeness (QED) is 0.555. The molecule has 1 heterocycles. The van der Waals surface area contributed by atoms with Gasteiger partial charge in [0.1, 0.15) is 0 Å². The van der Waals surface area contributed by atoms with Crippen LogP contribution in [0.4, 0.5) is 0 Å². The van der Waals surface area contributed by atoms with Crippen LogP contribution in [-0.4, -0.2) is 61.1 Å². The maximum atomic E-state index is 12.6. The number of nitrogens with one attached hydrogen (secondary N) is 2. The van der Waals surface area contributed by atoms with Crippen LogP contribution in [-0.2, 0) is 19.1 Å². The van der Waals surface area contributed by atoms with Crippen LogP contribution < -0.4 is 5.32 Å². The van der Waals surface area contributed by atoms with E-state index in [2.05, 4.69) is 5.32 Å². The third-order valence-electron chi connectivity index (χ3n) is 5.91. The highest BCUT2D eigenvalue weighted by Gasteiger charge is 2.37. The molecule has 2 amide bonds. The van der Waals surface area contributed by atoms with Crippen LogP contribution in [0.2, 0.25) is 0 Å². The van der Waals surface area contributed by atoms with E-state index in [1.807, 2.05) is 39.6 Å². The zero-order chi connectivity index (χ0) is 20.9. The van der Waals surface area contributed by atoms with Crippen LogP contribution in [0.1, 0.15) is 66.2 Å². The Bertz CT molecular complexity index is 578. The van der Waals surface area contributed by atoms with Gasteiger partial charge in [0.05, 0.1) is 18.6 Å². The molecule has 1 atom stereocenters. The molecule has 160 valence electrons. The van der Waals surface area contributed by atoms with E-state index in [1.165, 1.54) is 12.8 Å². The highest BCUT2D eigenvalue weighted by atomic mass is 16.7. The molecule has 0 aromatic rings. The number of hydrogen-bond donors (Lipinski definition) is 2. The minimum atomic E-state index is -0.766. The first-order chi connectivity index (χ1) is 13.0. The van der Waals surface area contributed by atoms with E-state index in [4.69, 9.17) is 14.9 Å². The number of likely N-dealkylation sites (N-methyl/N-ethyl adjacent to an activating group) is 1. The lowest BCUT2D eigenvalue weighted by atomic mass is 9.86. The van der Waals surface area contributed by atoms with Gasteiger partial charge in [-0.15, -0.1) is 0 Å². The van der Waals surface area contributed by atoms with Crippen LogP contribution in [0.15, 0.2) is 0 Å². The van der Waals surface area contributed by atoms with E-state index < -0.39 is 16.9 Å². The second-order valence-electron chi connectivity index (χ2n) is 9.41. The van der Waals surface area contributed by atoms with Crippen LogP contribution in [0.3, 0.4) is 0 Å². The van der Waals surface area contributed by atoms with Crippen molar-refractivity contribution in [3.05, 3.63) is 0 Å². The SMILES string of the molecule is CN(CC1CC1)C(C)(C)C(=O)NC(=O)CC(=N)C(C)(C)COC1CCCCO1. The largest absolute Gasteiger partial charge is 0.353 e. The van der Waals surface area contributed by atoms with E-state index in [-0.39, 0.29) is 24.3 Å². The van der Waals surface area contributed by atoms with Crippen LogP contribution in [0, 0.1) is 16.7 Å². The first-order valence-corrected chi connectivity index (χ1v) is 10.4. The molecule has 0 aromatic heterocycles. The highest BCUT2D eigenvalue weighted by Crippen LogP contribution is 2.31. The van der Waals surface area contributed by atoms with Gasteiger partial charge in [0.2, 0.25) is 11.8 Å². The summed E-state index contributed by atoms with van der Waals surface area (Å²) < 4.78 is 11.3. The molecule has 2 aliphatic rings. The summed E-state index contributed by atoms with van der Waals surface area (Å²) in [6, 6.07) is 0. The molecule has 1 unspecified atom stereocenters. The molecule has 0 aromatic carbocycles. The summed E-state index contributed by atoms with van der Waals surface area (Å²) >= 11 is 0. The van der Waals surface area contributed by atoms with Gasteiger partial charge in [0.15, 0.2) is 6.29 Å². The minimum Gasteiger partial charge on any atom is -0.353 e. The molecule has 0 bridgehead atoms. The fourth-order valence-electron chi connectivity index (χ4n) is 3.04. The zero-order valence-corrected chi connectivity index (χ0v) is 18.1. The average molecular weight is 396 g/mol. The second-order valence-corrected chi connectivity index (χ2v) is 9.41. The van der Waals surface area contributed by atoms with E-state index in [9.17, 15) is 9.59 Å². The molecule has 7 nitrogen and oxygen atoms in total. The number of imide groups is 1. The Labute approximate surface area is 169 Å². The van der Waals surface area contributed by atoms with Crippen molar-refractivity contribution in [2.24, 2.45) is 11.3 Å². The third kappa shape index (κ3) is 6.64. The van der Waals surface area contributed by atoms with Gasteiger partial charge in [-0.3, -0.25) is 19.8 Å². The topological polar surface area (TPSA) is 91.7 Å². The Hall–Kier alpha value is -1.31. The lowest BCUT2D eigenvalue weighted by Crippen LogP contribution is -2.55. The molecule has 1 aliphatic carbocycles. The number of carbonyl (C=O) groups excluding carboxylic acids is 2. The molecular formula is C21H37N3O4. The van der Waals surface area contributed by atoms with Gasteiger partial charge < -0.3 is 14.9 Å². The number of amides is 2. The van der Waals surface area contributed by atoms with E-state index >= 15 is 0 Å². The van der Waals surface area contributed by atoms with Crippen molar-refractivity contribution in [1.29, 1.82) is 5.41 Å². The molecule has 2 fully saturated rings. The van der Waals surface area contributed by atoms with Crippen molar-refractivity contribution in [2.75, 3.05) is 26.8 Å². The van der Waals surface area contributed by atoms with Crippen LogP contribution in [0.5, 0.6) is 0 Å². The molecule has 2 rings (SSSR count). The first-order valence-electron chi connectivity index (χ1n) is 10.4. The molecule has 28 heavy (non-hydrogen) atoms. The molecule has 7 heteroatoms. The van der Waals surface area contributed by atoms with Gasteiger partial charge in [0, 0.05) is 24.3 Å². The molecular weight excluding hydrogens is 358 g/mol. The lowest BCUT2D eigenvalue weighted by Gasteiger charge is -2.34. The van der Waals surface area contributed by atoms with Gasteiger partial charge in [-0.25, -0.2) is 0 Å². The fourth-order valence-corrected chi connectivity index (χ4v) is 3.04. The smallest absolute Gasteiger partial charge is 0.246 e. The summed E-state index contributed by atoms with van der Waals surface area (Å²) in [4.78, 5) is 27.0. The zero-order valence-electron chi connectivity index (χ0n) is 18.1. The Kier molecular flexibility index (Phi) is 7.76. The number of carbonyl (C=O) groups is 2. The summed E-state index contributed by atoms with van der Waals surface area (Å²) in [5.74, 6) is -0.0992. The van der Waals surface area contributed by atoms with Gasteiger partial charge in [-0.05, 0) is 58.9 Å². The van der Waals surface area contributed by atoms with Crippen molar-refractivity contribution >= 4 is 17.5 Å². The number of nitrogens with zero attached hydrogens (tertiary/aromatic N) is 1. The minimum absolute atomic E-state index is 0.115. The van der Waals surface area contributed by atoms with E-state index in [0.29, 0.717) is 19.1 Å². The predicted octanol–water partition coefficient (Wildman–Crippen LogP) is 2.73. The van der Waals surface area contributed by atoms with Gasteiger partial charge in [0.25, 0.3) is 0 Å². The highest BCUT2D eigenvalue weighted by molar-refractivity contribution is 6.08. The Morgan fingerprint density at radius 1 is 1.18 bits per heavy atom. The number of hydrogen-bond acceptors (Lipinski definition) is 6. The average Bonchev–Trinajstić information content (AvgIpc) is 3.44. The number of ether oxygens (including phenoxy) is 2. The Balaban J connectivity index is 1.79. The Morgan fingerprint density at radius 3 is 2.43 bits per heavy atom. The molecule has 2 N–H and O–H groups in total. The maximum Gasteiger partial charge on any atom is 0.246 e. The van der Waals surface area contributed by atoms with Crippen LogP contribution in [0.25, 0.3) is 0 Å². The van der Waals surface area contributed by atoms with Gasteiger partial charge in [-0.2, -0.15) is 0 Å².